The Morgan fingerprint density at radius 2 is 1.67 bits per heavy atom. The number of aliphatic carboxylic acids is 1. The van der Waals surface area contributed by atoms with E-state index in [9.17, 15) is 19.5 Å². The van der Waals surface area contributed by atoms with Crippen LogP contribution < -0.4 is 0 Å². The van der Waals surface area contributed by atoms with Gasteiger partial charge in [0, 0.05) is 12.8 Å². The topological polar surface area (TPSA) is 74.7 Å². The molecule has 5 heteroatoms. The maximum Gasteiger partial charge on any atom is 0.330 e. The molecule has 1 saturated heterocycles. The summed E-state index contributed by atoms with van der Waals surface area (Å²) < 4.78 is 0. The summed E-state index contributed by atoms with van der Waals surface area (Å²) in [7, 11) is 0. The number of rotatable bonds is 2. The van der Waals surface area contributed by atoms with E-state index in [0.717, 1.165) is 24.2 Å². The van der Waals surface area contributed by atoms with Crippen molar-refractivity contribution in [2.45, 2.75) is 57.4 Å². The van der Waals surface area contributed by atoms with Crippen LogP contribution in [0.2, 0.25) is 0 Å². The van der Waals surface area contributed by atoms with Gasteiger partial charge in [-0.15, -0.1) is 0 Å². The van der Waals surface area contributed by atoms with Crippen LogP contribution in [-0.4, -0.2) is 33.3 Å². The molecule has 0 aromatic carbocycles. The second kappa shape index (κ2) is 4.71. The number of nitrogens with zero attached hydrogens (tertiary/aromatic N) is 1. The quantitative estimate of drug-likeness (QED) is 0.758. The number of likely N-dealkylation sites (tertiary alicyclic amines) is 1. The molecule has 0 radical (unpaired) electrons. The van der Waals surface area contributed by atoms with E-state index in [1.54, 1.807) is 0 Å². The van der Waals surface area contributed by atoms with Crippen molar-refractivity contribution in [2.24, 2.45) is 5.92 Å². The molecule has 0 aromatic rings. The summed E-state index contributed by atoms with van der Waals surface area (Å²) in [6.07, 6.45) is 3.85. The lowest BCUT2D eigenvalue weighted by atomic mass is 9.78. The van der Waals surface area contributed by atoms with Crippen LogP contribution >= 0.6 is 0 Å². The normalized spacial score (nSPS) is 25.3. The molecule has 1 aliphatic heterocycles. The van der Waals surface area contributed by atoms with Crippen LogP contribution in [0.4, 0.5) is 0 Å². The lowest BCUT2D eigenvalue weighted by Gasteiger charge is -2.44. The Morgan fingerprint density at radius 1 is 1.17 bits per heavy atom. The lowest BCUT2D eigenvalue weighted by molar-refractivity contribution is -0.172. The SMILES string of the molecule is CC1CC(=O)N(C2(C(=O)O)CCCCC2)C(=O)C1. The number of hydrogen-bond donors (Lipinski definition) is 1. The van der Waals surface area contributed by atoms with Crippen molar-refractivity contribution < 1.29 is 19.5 Å². The molecule has 0 aromatic heterocycles. The van der Waals surface area contributed by atoms with Gasteiger partial charge in [-0.25, -0.2) is 4.79 Å². The molecule has 1 heterocycles. The highest BCUT2D eigenvalue weighted by molar-refractivity contribution is 6.03. The second-order valence-electron chi connectivity index (χ2n) is 5.53. The van der Waals surface area contributed by atoms with E-state index < -0.39 is 11.5 Å². The molecule has 2 aliphatic rings. The Kier molecular flexibility index (Phi) is 3.41. The summed E-state index contributed by atoms with van der Waals surface area (Å²) >= 11 is 0. The average molecular weight is 253 g/mol. The van der Waals surface area contributed by atoms with E-state index in [1.165, 1.54) is 0 Å². The Morgan fingerprint density at radius 3 is 2.11 bits per heavy atom. The van der Waals surface area contributed by atoms with Gasteiger partial charge in [0.25, 0.3) is 0 Å². The third kappa shape index (κ3) is 2.02. The summed E-state index contributed by atoms with van der Waals surface area (Å²) in [6.45, 7) is 1.85. The summed E-state index contributed by atoms with van der Waals surface area (Å²) in [5.41, 5.74) is -1.27. The molecule has 18 heavy (non-hydrogen) atoms. The summed E-state index contributed by atoms with van der Waals surface area (Å²) in [6, 6.07) is 0. The van der Waals surface area contributed by atoms with Crippen LogP contribution in [0.3, 0.4) is 0 Å². The number of amides is 2. The van der Waals surface area contributed by atoms with Crippen LogP contribution in [0, 0.1) is 5.92 Å². The molecule has 1 N–H and O–H groups in total. The van der Waals surface area contributed by atoms with Crippen molar-refractivity contribution in [2.75, 3.05) is 0 Å². The molecule has 5 nitrogen and oxygen atoms in total. The van der Waals surface area contributed by atoms with E-state index in [1.807, 2.05) is 6.92 Å². The standard InChI is InChI=1S/C13H19NO4/c1-9-7-10(15)14(11(16)8-9)13(12(17)18)5-3-2-4-6-13/h9H,2-8H2,1H3,(H,17,18). The van der Waals surface area contributed by atoms with Gasteiger partial charge in [-0.3, -0.25) is 14.5 Å². The first-order valence-corrected chi connectivity index (χ1v) is 6.56. The van der Waals surface area contributed by atoms with Gasteiger partial charge in [0.05, 0.1) is 0 Å². The predicted molar refractivity (Wildman–Crippen MR) is 63.7 cm³/mol. The van der Waals surface area contributed by atoms with Crippen molar-refractivity contribution >= 4 is 17.8 Å². The second-order valence-corrected chi connectivity index (χ2v) is 5.53. The largest absolute Gasteiger partial charge is 0.479 e. The van der Waals surface area contributed by atoms with Gasteiger partial charge in [0.1, 0.15) is 5.54 Å². The van der Waals surface area contributed by atoms with E-state index in [-0.39, 0.29) is 30.6 Å². The molecule has 0 atom stereocenters. The van der Waals surface area contributed by atoms with Crippen molar-refractivity contribution in [1.29, 1.82) is 0 Å². The molecule has 100 valence electrons. The van der Waals surface area contributed by atoms with Crippen LogP contribution in [0.25, 0.3) is 0 Å². The number of carbonyl (C=O) groups excluding carboxylic acids is 2. The zero-order valence-corrected chi connectivity index (χ0v) is 10.6. The van der Waals surface area contributed by atoms with Gasteiger partial charge < -0.3 is 5.11 Å². The lowest BCUT2D eigenvalue weighted by Crippen LogP contribution is -2.62. The maximum absolute atomic E-state index is 12.1. The number of imide groups is 1. The van der Waals surface area contributed by atoms with Crippen LogP contribution in [0.1, 0.15) is 51.9 Å². The van der Waals surface area contributed by atoms with E-state index in [4.69, 9.17) is 0 Å². The molecule has 0 unspecified atom stereocenters. The number of carbonyl (C=O) groups is 3. The highest BCUT2D eigenvalue weighted by Crippen LogP contribution is 2.37. The van der Waals surface area contributed by atoms with Gasteiger partial charge in [-0.05, 0) is 18.8 Å². The van der Waals surface area contributed by atoms with Crippen molar-refractivity contribution in [3.63, 3.8) is 0 Å². The zero-order valence-electron chi connectivity index (χ0n) is 10.6. The molecule has 0 bridgehead atoms. The molecular formula is C13H19NO4. The van der Waals surface area contributed by atoms with Crippen LogP contribution in [0.15, 0.2) is 0 Å². The monoisotopic (exact) mass is 253 g/mol. The van der Waals surface area contributed by atoms with Gasteiger partial charge in [-0.2, -0.15) is 0 Å². The van der Waals surface area contributed by atoms with Crippen molar-refractivity contribution in [1.82, 2.24) is 4.90 Å². The van der Waals surface area contributed by atoms with Crippen LogP contribution in [0.5, 0.6) is 0 Å². The molecule has 2 rings (SSSR count). The first-order valence-electron chi connectivity index (χ1n) is 6.56. The van der Waals surface area contributed by atoms with Gasteiger partial charge in [0.2, 0.25) is 11.8 Å². The third-order valence-corrected chi connectivity index (χ3v) is 4.05. The van der Waals surface area contributed by atoms with Crippen molar-refractivity contribution in [3.05, 3.63) is 0 Å². The third-order valence-electron chi connectivity index (χ3n) is 4.05. The average Bonchev–Trinajstić information content (AvgIpc) is 2.28. The predicted octanol–water partition coefficient (Wildman–Crippen LogP) is 1.56. The number of piperidine rings is 1. The Hall–Kier alpha value is -1.39. The molecule has 1 aliphatic carbocycles. The minimum absolute atomic E-state index is 0.0238. The number of carboxylic acid groups (broad SMARTS) is 1. The fourth-order valence-electron chi connectivity index (χ4n) is 3.14. The minimum Gasteiger partial charge on any atom is -0.479 e. The van der Waals surface area contributed by atoms with Gasteiger partial charge in [0.15, 0.2) is 0 Å². The van der Waals surface area contributed by atoms with Gasteiger partial charge >= 0.3 is 5.97 Å². The number of carboxylic acids is 1. The Balaban J connectivity index is 2.33. The summed E-state index contributed by atoms with van der Waals surface area (Å²) in [5.74, 6) is -1.64. The minimum atomic E-state index is -1.27. The number of hydrogen-bond acceptors (Lipinski definition) is 3. The molecule has 2 amide bonds. The fraction of sp³-hybridized carbons (Fsp3) is 0.769. The fourth-order valence-corrected chi connectivity index (χ4v) is 3.14. The first kappa shape index (κ1) is 13.1. The Labute approximate surface area is 106 Å². The first-order chi connectivity index (χ1) is 8.47. The highest BCUT2D eigenvalue weighted by atomic mass is 16.4. The van der Waals surface area contributed by atoms with E-state index in [2.05, 4.69) is 0 Å². The molecule has 1 saturated carbocycles. The van der Waals surface area contributed by atoms with Gasteiger partial charge in [-0.1, -0.05) is 26.2 Å². The Bertz CT molecular complexity index is 366. The smallest absolute Gasteiger partial charge is 0.330 e. The summed E-state index contributed by atoms with van der Waals surface area (Å²) in [5, 5.41) is 9.50. The van der Waals surface area contributed by atoms with Crippen LogP contribution in [-0.2, 0) is 14.4 Å². The maximum atomic E-state index is 12.1. The molecule has 0 spiro atoms. The van der Waals surface area contributed by atoms with E-state index in [0.29, 0.717) is 12.8 Å². The zero-order chi connectivity index (χ0) is 13.3. The van der Waals surface area contributed by atoms with Crippen molar-refractivity contribution in [3.8, 4) is 0 Å². The molecular weight excluding hydrogens is 234 g/mol. The summed E-state index contributed by atoms with van der Waals surface area (Å²) in [4.78, 5) is 36.8. The highest BCUT2D eigenvalue weighted by Gasteiger charge is 2.51. The molecule has 2 fully saturated rings. The van der Waals surface area contributed by atoms with E-state index >= 15 is 0 Å².